The third-order valence-corrected chi connectivity index (χ3v) is 8.23. The summed E-state index contributed by atoms with van der Waals surface area (Å²) in [5, 5.41) is 21.0. The van der Waals surface area contributed by atoms with Crippen LogP contribution in [-0.4, -0.2) is 35.8 Å². The van der Waals surface area contributed by atoms with Gasteiger partial charge in [-0.25, -0.2) is 0 Å². The number of hydrogen-bond donors (Lipinski definition) is 0. The predicted octanol–water partition coefficient (Wildman–Crippen LogP) is 11.6. The molecule has 0 unspecified atom stereocenters. The Morgan fingerprint density at radius 3 is 1.10 bits per heavy atom. The molecule has 5 heteroatoms. The van der Waals surface area contributed by atoms with Gasteiger partial charge >= 0.3 is 23.9 Å². The van der Waals surface area contributed by atoms with Gasteiger partial charge in [-0.2, -0.15) is 0 Å². The standard InChI is InChI=1S/C24H48O2.C11H14O2.2C4H9.Sn/c1-2-3-4-5-6-7-8-9-10-11-12-13-14-15-16-17-18-19-20-21-22-23-24(25)26;1-2-3-6-9-7-4-5-8-10(9)11(12)13;2*1-3-4-2;/h2-23H2,1H3,(H,25,26);4-5,7-8H,2-3,6H2,1H3,(H,12,13);2*1,3-4H2,2H3;/q;;;;+2/p-2. The maximum absolute atomic E-state index is 10.7. The molecule has 0 atom stereocenters. The van der Waals surface area contributed by atoms with E-state index in [0.717, 1.165) is 50.5 Å². The van der Waals surface area contributed by atoms with Crippen LogP contribution in [0.2, 0.25) is 0 Å². The summed E-state index contributed by atoms with van der Waals surface area (Å²) in [6.07, 6.45) is 36.2. The maximum Gasteiger partial charge on any atom is 2.00 e. The Hall–Kier alpha value is -1.04. The fourth-order valence-corrected chi connectivity index (χ4v) is 5.01. The average Bonchev–Trinajstić information content (AvgIpc) is 3.08. The summed E-state index contributed by atoms with van der Waals surface area (Å²) in [5.74, 6) is -1.98. The van der Waals surface area contributed by atoms with E-state index in [4.69, 9.17) is 0 Å². The zero-order valence-corrected chi connectivity index (χ0v) is 35.2. The fraction of sp³-hybridized carbons (Fsp3) is 0.767. The first-order valence-corrected chi connectivity index (χ1v) is 19.9. The van der Waals surface area contributed by atoms with Crippen LogP contribution in [0, 0.1) is 13.8 Å². The van der Waals surface area contributed by atoms with Crippen molar-refractivity contribution in [2.75, 3.05) is 0 Å². The van der Waals surface area contributed by atoms with Crippen LogP contribution in [0.5, 0.6) is 0 Å². The molecule has 0 aliphatic heterocycles. The van der Waals surface area contributed by atoms with Crippen molar-refractivity contribution >= 4 is 35.8 Å². The molecule has 0 saturated carbocycles. The SMILES string of the molecule is CCCCCCCCCCCCCCCCCCCCCCCC(=O)[O-].CCCCc1ccccc1C(=O)[O-].[CH2]CCC.[CH2]CCC.[Sn+2]. The quantitative estimate of drug-likeness (QED) is 0.0627. The Bertz CT molecular complexity index is 744. The molecule has 0 aromatic heterocycles. The predicted molar refractivity (Wildman–Crippen MR) is 208 cm³/mol. The minimum absolute atomic E-state index is 0. The summed E-state index contributed by atoms with van der Waals surface area (Å²) in [7, 11) is 0. The molecule has 0 aliphatic carbocycles. The molecule has 0 amide bonds. The summed E-state index contributed by atoms with van der Waals surface area (Å²) < 4.78 is 0. The van der Waals surface area contributed by atoms with Crippen molar-refractivity contribution in [1.29, 1.82) is 0 Å². The molecule has 4 radical (unpaired) electrons. The van der Waals surface area contributed by atoms with Crippen molar-refractivity contribution in [3.8, 4) is 0 Å². The summed E-state index contributed by atoms with van der Waals surface area (Å²) >= 11 is 0. The van der Waals surface area contributed by atoms with Gasteiger partial charge in [-0.15, -0.1) is 0 Å². The third kappa shape index (κ3) is 47.1. The van der Waals surface area contributed by atoms with Crippen molar-refractivity contribution in [3.63, 3.8) is 0 Å². The smallest absolute Gasteiger partial charge is 0.550 e. The van der Waals surface area contributed by atoms with Crippen molar-refractivity contribution in [2.45, 2.75) is 214 Å². The first kappa shape index (κ1) is 53.7. The van der Waals surface area contributed by atoms with E-state index in [1.165, 1.54) is 135 Å². The monoisotopic (exact) mass is 778 g/mol. The minimum Gasteiger partial charge on any atom is -0.550 e. The number of hydrogen-bond acceptors (Lipinski definition) is 4. The van der Waals surface area contributed by atoms with Crippen molar-refractivity contribution in [3.05, 3.63) is 49.2 Å². The fourth-order valence-electron chi connectivity index (χ4n) is 5.01. The first-order valence-electron chi connectivity index (χ1n) is 19.9. The Morgan fingerprint density at radius 2 is 0.812 bits per heavy atom. The first-order chi connectivity index (χ1) is 22.9. The Labute approximate surface area is 317 Å². The molecule has 0 N–H and O–H groups in total. The van der Waals surface area contributed by atoms with Gasteiger partial charge in [0.15, 0.2) is 0 Å². The van der Waals surface area contributed by atoms with Crippen LogP contribution < -0.4 is 10.2 Å². The molecule has 0 bridgehead atoms. The summed E-state index contributed by atoms with van der Waals surface area (Å²) in [6.45, 7) is 15.8. The van der Waals surface area contributed by atoms with Gasteiger partial charge in [0.2, 0.25) is 0 Å². The molecule has 48 heavy (non-hydrogen) atoms. The van der Waals surface area contributed by atoms with Crippen molar-refractivity contribution < 1.29 is 19.8 Å². The van der Waals surface area contributed by atoms with Gasteiger partial charge in [-0.1, -0.05) is 226 Å². The van der Waals surface area contributed by atoms with Gasteiger partial charge in [0.05, 0.1) is 5.97 Å². The molecule has 4 nitrogen and oxygen atoms in total. The molecule has 1 aromatic carbocycles. The van der Waals surface area contributed by atoms with E-state index in [-0.39, 0.29) is 30.3 Å². The number of carbonyl (C=O) groups is 2. The maximum atomic E-state index is 10.7. The van der Waals surface area contributed by atoms with Crippen LogP contribution in [0.3, 0.4) is 0 Å². The number of carbonyl (C=O) groups excluding carboxylic acids is 2. The Balaban J connectivity index is -0.000000362. The molecule has 0 spiro atoms. The third-order valence-electron chi connectivity index (χ3n) is 8.23. The number of carboxylic acid groups (broad SMARTS) is 2. The molecule has 1 rings (SSSR count). The van der Waals surface area contributed by atoms with Gasteiger partial charge < -0.3 is 19.8 Å². The number of unbranched alkanes of at least 4 members (excludes halogenated alkanes) is 23. The summed E-state index contributed by atoms with van der Waals surface area (Å²) in [4.78, 5) is 21.0. The zero-order valence-electron chi connectivity index (χ0n) is 32.4. The number of benzene rings is 1. The van der Waals surface area contributed by atoms with Crippen molar-refractivity contribution in [2.24, 2.45) is 0 Å². The topological polar surface area (TPSA) is 80.3 Å². The second-order valence-corrected chi connectivity index (χ2v) is 12.9. The zero-order chi connectivity index (χ0) is 35.6. The van der Waals surface area contributed by atoms with Gasteiger partial charge in [0.25, 0.3) is 0 Å². The van der Waals surface area contributed by atoms with Crippen LogP contribution in [0.25, 0.3) is 0 Å². The van der Waals surface area contributed by atoms with E-state index in [9.17, 15) is 19.8 Å². The van der Waals surface area contributed by atoms with E-state index in [1.54, 1.807) is 12.1 Å². The van der Waals surface area contributed by atoms with E-state index >= 15 is 0 Å². The van der Waals surface area contributed by atoms with Gasteiger partial charge in [-0.3, -0.25) is 0 Å². The van der Waals surface area contributed by atoms with E-state index < -0.39 is 11.9 Å². The van der Waals surface area contributed by atoms with Crippen LogP contribution in [-0.2, 0) is 11.2 Å². The van der Waals surface area contributed by atoms with E-state index in [1.807, 2.05) is 12.1 Å². The van der Waals surface area contributed by atoms with E-state index in [2.05, 4.69) is 41.5 Å². The summed E-state index contributed by atoms with van der Waals surface area (Å²) in [6, 6.07) is 7.03. The molecule has 278 valence electrons. The molecule has 0 saturated heterocycles. The number of aromatic carboxylic acids is 1. The number of rotatable bonds is 28. The van der Waals surface area contributed by atoms with Gasteiger partial charge in [0.1, 0.15) is 0 Å². The Kier molecular flexibility index (Phi) is 53.8. The number of aryl methyl sites for hydroxylation is 1. The molecular formula is C43H78O4Sn. The van der Waals surface area contributed by atoms with E-state index in [0.29, 0.717) is 5.56 Å². The van der Waals surface area contributed by atoms with Crippen molar-refractivity contribution in [1.82, 2.24) is 0 Å². The van der Waals surface area contributed by atoms with Crippen LogP contribution in [0.1, 0.15) is 223 Å². The van der Waals surface area contributed by atoms with Crippen LogP contribution in [0.15, 0.2) is 24.3 Å². The van der Waals surface area contributed by atoms with Crippen LogP contribution >= 0.6 is 0 Å². The second kappa shape index (κ2) is 48.1. The molecule has 1 aromatic rings. The average molecular weight is 778 g/mol. The normalized spacial score (nSPS) is 9.96. The minimum atomic E-state index is -1.08. The largest absolute Gasteiger partial charge is 2.00 e. The van der Waals surface area contributed by atoms with Crippen LogP contribution in [0.4, 0.5) is 0 Å². The molecule has 0 aliphatic rings. The van der Waals surface area contributed by atoms with Gasteiger partial charge in [-0.05, 0) is 31.2 Å². The molecule has 0 heterocycles. The van der Waals surface area contributed by atoms with Gasteiger partial charge in [0, 0.05) is 11.5 Å². The number of carboxylic acids is 2. The Morgan fingerprint density at radius 1 is 0.500 bits per heavy atom. The summed E-state index contributed by atoms with van der Waals surface area (Å²) in [5.41, 5.74) is 1.21. The number of aliphatic carboxylic acids is 1. The molecule has 0 fully saturated rings. The molecular weight excluding hydrogens is 699 g/mol. The second-order valence-electron chi connectivity index (χ2n) is 12.9.